The average molecular weight is 353 g/mol. The Morgan fingerprint density at radius 2 is 2.42 bits per heavy atom. The second-order valence-corrected chi connectivity index (χ2v) is 6.44. The molecule has 1 aliphatic carbocycles. The maximum Gasteiger partial charge on any atom is 0.315 e. The van der Waals surface area contributed by atoms with Crippen molar-refractivity contribution in [3.63, 3.8) is 0 Å². The number of carbonyl (C=O) groups is 1. The molecular weight excluding hydrogens is 334 g/mol. The summed E-state index contributed by atoms with van der Waals surface area (Å²) in [5.74, 6) is -0.506. The highest BCUT2D eigenvalue weighted by Crippen LogP contribution is 2.34. The van der Waals surface area contributed by atoms with Gasteiger partial charge >= 0.3 is 6.03 Å². The van der Waals surface area contributed by atoms with E-state index >= 15 is 0 Å². The van der Waals surface area contributed by atoms with Gasteiger partial charge in [-0.2, -0.15) is 5.26 Å². The first-order chi connectivity index (χ1) is 11.6. The number of urea groups is 1. The number of hydrogen-bond acceptors (Lipinski definition) is 7. The summed E-state index contributed by atoms with van der Waals surface area (Å²) in [6.45, 7) is 0.351. The highest BCUT2D eigenvalue weighted by atomic mass is 32.2. The molecule has 1 heterocycles. The quantitative estimate of drug-likeness (QED) is 0.236. The Morgan fingerprint density at radius 3 is 3.00 bits per heavy atom. The van der Waals surface area contributed by atoms with Crippen LogP contribution in [0.25, 0.3) is 0 Å². The Morgan fingerprint density at radius 1 is 1.62 bits per heavy atom. The minimum atomic E-state index is -0.459. The van der Waals surface area contributed by atoms with E-state index in [1.165, 1.54) is 18.0 Å². The van der Waals surface area contributed by atoms with Gasteiger partial charge in [0, 0.05) is 25.3 Å². The standard InChI is InChI=1S/C14H19N5O4S/c15-8-11-12(9-2-4-10(5-3-9)19(22)23)18-24-13(11)17-14(21)16-6-1-7-20/h2,4-5,9,11-13,18,20H,1,3,6-7H2,(H2,16,17,21). The fraction of sp³-hybridized carbons (Fsp3) is 0.571. The lowest BCUT2D eigenvalue weighted by Crippen LogP contribution is -2.45. The van der Waals surface area contributed by atoms with Crippen molar-refractivity contribution in [3.8, 4) is 6.07 Å². The van der Waals surface area contributed by atoms with Gasteiger partial charge in [0.15, 0.2) is 0 Å². The average Bonchev–Trinajstić information content (AvgIpc) is 2.97. The topological polar surface area (TPSA) is 140 Å². The van der Waals surface area contributed by atoms with Crippen LogP contribution in [0.1, 0.15) is 12.8 Å². The number of rotatable bonds is 6. The Bertz CT molecular complexity index is 588. The molecule has 4 unspecified atom stereocenters. The van der Waals surface area contributed by atoms with Gasteiger partial charge in [0.1, 0.15) is 5.37 Å². The number of nitrogens with one attached hydrogen (secondary N) is 3. The minimum Gasteiger partial charge on any atom is -0.396 e. The molecular formula is C14H19N5O4S. The summed E-state index contributed by atoms with van der Waals surface area (Å²) in [6, 6.07) is 1.62. The van der Waals surface area contributed by atoms with Crippen LogP contribution in [0, 0.1) is 33.3 Å². The third kappa shape index (κ3) is 4.47. The first-order valence-electron chi connectivity index (χ1n) is 7.55. The number of amides is 2. The lowest BCUT2D eigenvalue weighted by atomic mass is 9.85. The third-order valence-corrected chi connectivity index (χ3v) is 4.95. The van der Waals surface area contributed by atoms with Crippen molar-refractivity contribution in [1.29, 1.82) is 5.26 Å². The van der Waals surface area contributed by atoms with Crippen LogP contribution in [0.3, 0.4) is 0 Å². The fourth-order valence-electron chi connectivity index (χ4n) is 2.60. The van der Waals surface area contributed by atoms with Gasteiger partial charge in [0.25, 0.3) is 5.70 Å². The maximum atomic E-state index is 11.8. The van der Waals surface area contributed by atoms with Crippen molar-refractivity contribution in [2.75, 3.05) is 13.2 Å². The molecule has 1 fully saturated rings. The van der Waals surface area contributed by atoms with E-state index in [0.29, 0.717) is 19.4 Å². The van der Waals surface area contributed by atoms with Crippen LogP contribution in [-0.4, -0.2) is 40.6 Å². The van der Waals surface area contributed by atoms with Gasteiger partial charge in [0.05, 0.1) is 16.9 Å². The van der Waals surface area contributed by atoms with Crippen LogP contribution in [0.5, 0.6) is 0 Å². The number of aliphatic hydroxyl groups is 1. The number of hydrogen-bond donors (Lipinski definition) is 4. The molecule has 1 saturated heterocycles. The zero-order valence-electron chi connectivity index (χ0n) is 12.8. The molecule has 0 bridgehead atoms. The van der Waals surface area contributed by atoms with Gasteiger partial charge in [-0.05, 0) is 24.8 Å². The Kier molecular flexibility index (Phi) is 6.60. The number of nitriles is 1. The number of aliphatic hydroxyl groups excluding tert-OH is 1. The van der Waals surface area contributed by atoms with Crippen LogP contribution < -0.4 is 15.4 Å². The molecule has 0 aromatic carbocycles. The number of carbonyl (C=O) groups excluding carboxylic acids is 1. The molecule has 9 nitrogen and oxygen atoms in total. The second kappa shape index (κ2) is 8.68. The van der Waals surface area contributed by atoms with Crippen LogP contribution >= 0.6 is 11.9 Å². The fourth-order valence-corrected chi connectivity index (χ4v) is 3.76. The Hall–Kier alpha value is -2.09. The molecule has 2 aliphatic rings. The monoisotopic (exact) mass is 353 g/mol. The van der Waals surface area contributed by atoms with E-state index < -0.39 is 22.2 Å². The number of allylic oxidation sites excluding steroid dienone is 2. The largest absolute Gasteiger partial charge is 0.396 e. The number of nitro groups is 1. The van der Waals surface area contributed by atoms with Gasteiger partial charge in [-0.25, -0.2) is 4.79 Å². The van der Waals surface area contributed by atoms with E-state index in [1.807, 2.05) is 0 Å². The first kappa shape index (κ1) is 18.3. The molecule has 0 aromatic heterocycles. The van der Waals surface area contributed by atoms with Crippen molar-refractivity contribution in [2.24, 2.45) is 11.8 Å². The summed E-state index contributed by atoms with van der Waals surface area (Å²) >= 11 is 1.27. The van der Waals surface area contributed by atoms with Gasteiger partial charge in [-0.3, -0.25) is 14.8 Å². The zero-order valence-corrected chi connectivity index (χ0v) is 13.7. The van der Waals surface area contributed by atoms with Gasteiger partial charge in [-0.15, -0.1) is 0 Å². The minimum absolute atomic E-state index is 0.00339. The molecule has 4 atom stereocenters. The Balaban J connectivity index is 1.91. The van der Waals surface area contributed by atoms with Crippen LogP contribution in [0.2, 0.25) is 0 Å². The molecule has 0 saturated carbocycles. The predicted octanol–water partition coefficient (Wildman–Crippen LogP) is 0.491. The maximum absolute atomic E-state index is 11.8. The van der Waals surface area contributed by atoms with E-state index in [4.69, 9.17) is 5.11 Å². The molecule has 0 spiro atoms. The van der Waals surface area contributed by atoms with Crippen molar-refractivity contribution in [2.45, 2.75) is 24.3 Å². The molecule has 0 radical (unpaired) electrons. The highest BCUT2D eigenvalue weighted by molar-refractivity contribution is 7.98. The molecule has 130 valence electrons. The summed E-state index contributed by atoms with van der Waals surface area (Å²) < 4.78 is 3.16. The lowest BCUT2D eigenvalue weighted by Gasteiger charge is -2.24. The molecule has 24 heavy (non-hydrogen) atoms. The predicted molar refractivity (Wildman–Crippen MR) is 88.0 cm³/mol. The molecule has 10 heteroatoms. The van der Waals surface area contributed by atoms with Crippen molar-refractivity contribution in [1.82, 2.24) is 15.4 Å². The van der Waals surface area contributed by atoms with E-state index in [1.54, 1.807) is 12.2 Å². The molecule has 1 aliphatic heterocycles. The SMILES string of the molecule is N#CC1C(NC(=O)NCCCO)SNC1C1C=CC([N+](=O)[O-])=CC1. The summed E-state index contributed by atoms with van der Waals surface area (Å²) in [6.07, 6.45) is 5.68. The van der Waals surface area contributed by atoms with Crippen LogP contribution in [0.15, 0.2) is 23.9 Å². The highest BCUT2D eigenvalue weighted by Gasteiger charge is 2.41. The smallest absolute Gasteiger partial charge is 0.315 e. The molecule has 0 aromatic rings. The van der Waals surface area contributed by atoms with E-state index in [9.17, 15) is 20.2 Å². The van der Waals surface area contributed by atoms with Crippen LogP contribution in [0.4, 0.5) is 4.79 Å². The molecule has 2 rings (SSSR count). The Labute approximate surface area is 143 Å². The van der Waals surface area contributed by atoms with Gasteiger partial charge < -0.3 is 15.7 Å². The summed E-state index contributed by atoms with van der Waals surface area (Å²) in [4.78, 5) is 22.1. The second-order valence-electron chi connectivity index (χ2n) is 5.46. The van der Waals surface area contributed by atoms with Gasteiger partial charge in [0.2, 0.25) is 0 Å². The van der Waals surface area contributed by atoms with E-state index in [2.05, 4.69) is 21.4 Å². The van der Waals surface area contributed by atoms with Crippen molar-refractivity contribution >= 4 is 18.0 Å². The number of nitrogens with zero attached hydrogens (tertiary/aromatic N) is 2. The van der Waals surface area contributed by atoms with Crippen molar-refractivity contribution < 1.29 is 14.8 Å². The van der Waals surface area contributed by atoms with Crippen LogP contribution in [-0.2, 0) is 0 Å². The first-order valence-corrected chi connectivity index (χ1v) is 8.43. The zero-order chi connectivity index (χ0) is 17.5. The van der Waals surface area contributed by atoms with E-state index in [0.717, 1.165) is 0 Å². The van der Waals surface area contributed by atoms with Gasteiger partial charge in [-0.1, -0.05) is 18.0 Å². The lowest BCUT2D eigenvalue weighted by molar-refractivity contribution is -0.419. The molecule has 2 amide bonds. The summed E-state index contributed by atoms with van der Waals surface area (Å²) in [7, 11) is 0. The molecule has 4 N–H and O–H groups in total. The normalized spacial score (nSPS) is 28.8. The van der Waals surface area contributed by atoms with Crippen molar-refractivity contribution in [3.05, 3.63) is 34.0 Å². The third-order valence-electron chi connectivity index (χ3n) is 3.87. The summed E-state index contributed by atoms with van der Waals surface area (Å²) in [5.41, 5.74) is 0.0587. The van der Waals surface area contributed by atoms with E-state index in [-0.39, 0.29) is 24.3 Å². The summed E-state index contributed by atoms with van der Waals surface area (Å²) in [5, 5.41) is 33.8.